The number of benzene rings is 1. The SMILES string of the molecule is CC1(C(=O)Cc2cccc(Cl)c2F)CCCS1. The van der Waals surface area contributed by atoms with E-state index in [9.17, 15) is 9.18 Å². The first kappa shape index (κ1) is 12.9. The summed E-state index contributed by atoms with van der Waals surface area (Å²) in [5.41, 5.74) is 0.399. The molecule has 1 aromatic carbocycles. The predicted octanol–water partition coefficient (Wildman–Crippen LogP) is 3.88. The Labute approximate surface area is 110 Å². The van der Waals surface area contributed by atoms with Crippen molar-refractivity contribution in [2.24, 2.45) is 0 Å². The third-order valence-electron chi connectivity index (χ3n) is 3.19. The van der Waals surface area contributed by atoms with E-state index in [2.05, 4.69) is 0 Å². The van der Waals surface area contributed by atoms with Gasteiger partial charge in [-0.2, -0.15) is 0 Å². The molecule has 2 rings (SSSR count). The van der Waals surface area contributed by atoms with Crippen LogP contribution in [0.15, 0.2) is 18.2 Å². The van der Waals surface area contributed by atoms with Gasteiger partial charge in [0, 0.05) is 6.42 Å². The maximum atomic E-state index is 13.7. The van der Waals surface area contributed by atoms with E-state index in [4.69, 9.17) is 11.6 Å². The van der Waals surface area contributed by atoms with Crippen molar-refractivity contribution < 1.29 is 9.18 Å². The van der Waals surface area contributed by atoms with Crippen LogP contribution in [-0.4, -0.2) is 16.3 Å². The fourth-order valence-electron chi connectivity index (χ4n) is 2.04. The van der Waals surface area contributed by atoms with E-state index in [1.54, 1.807) is 23.9 Å². The topological polar surface area (TPSA) is 17.1 Å². The molecular weight excluding hydrogens is 259 g/mol. The summed E-state index contributed by atoms with van der Waals surface area (Å²) in [7, 11) is 0. The summed E-state index contributed by atoms with van der Waals surface area (Å²) in [6.45, 7) is 1.95. The number of carbonyl (C=O) groups excluding carboxylic acids is 1. The number of thioether (sulfide) groups is 1. The minimum Gasteiger partial charge on any atom is -0.298 e. The molecule has 0 bridgehead atoms. The Morgan fingerprint density at radius 3 is 3.00 bits per heavy atom. The third-order valence-corrected chi connectivity index (χ3v) is 5.04. The smallest absolute Gasteiger partial charge is 0.153 e. The molecule has 0 spiro atoms. The molecule has 1 atom stereocenters. The number of hydrogen-bond acceptors (Lipinski definition) is 2. The number of hydrogen-bond donors (Lipinski definition) is 0. The van der Waals surface area contributed by atoms with E-state index >= 15 is 0 Å². The van der Waals surface area contributed by atoms with Gasteiger partial charge < -0.3 is 0 Å². The lowest BCUT2D eigenvalue weighted by Gasteiger charge is -2.20. The van der Waals surface area contributed by atoms with Crippen molar-refractivity contribution in [2.75, 3.05) is 5.75 Å². The van der Waals surface area contributed by atoms with Gasteiger partial charge in [-0.3, -0.25) is 4.79 Å². The number of ketones is 1. The first-order chi connectivity index (χ1) is 8.03. The Bertz CT molecular complexity index is 441. The van der Waals surface area contributed by atoms with Gasteiger partial charge in [0.05, 0.1) is 9.77 Å². The highest BCUT2D eigenvalue weighted by Crippen LogP contribution is 2.39. The van der Waals surface area contributed by atoms with Crippen LogP contribution in [0.3, 0.4) is 0 Å². The first-order valence-corrected chi connectivity index (χ1v) is 6.99. The quantitative estimate of drug-likeness (QED) is 0.831. The van der Waals surface area contributed by atoms with Crippen molar-refractivity contribution in [3.05, 3.63) is 34.6 Å². The third kappa shape index (κ3) is 2.66. The molecule has 4 heteroatoms. The molecule has 0 aliphatic carbocycles. The van der Waals surface area contributed by atoms with Gasteiger partial charge in [-0.1, -0.05) is 23.7 Å². The fourth-order valence-corrected chi connectivity index (χ4v) is 3.50. The Balaban J connectivity index is 2.16. The van der Waals surface area contributed by atoms with E-state index in [1.165, 1.54) is 6.07 Å². The van der Waals surface area contributed by atoms with E-state index in [0.717, 1.165) is 18.6 Å². The average molecular weight is 273 g/mol. The molecule has 1 aromatic rings. The summed E-state index contributed by atoms with van der Waals surface area (Å²) in [6.07, 6.45) is 2.08. The zero-order chi connectivity index (χ0) is 12.5. The summed E-state index contributed by atoms with van der Waals surface area (Å²) in [6, 6.07) is 4.80. The summed E-state index contributed by atoms with van der Waals surface area (Å²) in [4.78, 5) is 12.2. The normalized spacial score (nSPS) is 23.9. The standard InChI is InChI=1S/C13H14ClFOS/c1-13(6-3-7-17-13)11(16)8-9-4-2-5-10(14)12(9)15/h2,4-5H,3,6-8H2,1H3. The lowest BCUT2D eigenvalue weighted by molar-refractivity contribution is -0.120. The van der Waals surface area contributed by atoms with E-state index < -0.39 is 5.82 Å². The molecule has 0 radical (unpaired) electrons. The Morgan fingerprint density at radius 2 is 2.35 bits per heavy atom. The van der Waals surface area contributed by atoms with Gasteiger partial charge >= 0.3 is 0 Å². The lowest BCUT2D eigenvalue weighted by Crippen LogP contribution is -2.30. The number of carbonyl (C=O) groups is 1. The Morgan fingerprint density at radius 1 is 1.59 bits per heavy atom. The van der Waals surface area contributed by atoms with Gasteiger partial charge in [0.1, 0.15) is 5.82 Å². The predicted molar refractivity (Wildman–Crippen MR) is 70.2 cm³/mol. The van der Waals surface area contributed by atoms with Crippen LogP contribution in [0.1, 0.15) is 25.3 Å². The molecule has 1 fully saturated rings. The maximum Gasteiger partial charge on any atom is 0.153 e. The van der Waals surface area contributed by atoms with Crippen LogP contribution in [0.25, 0.3) is 0 Å². The van der Waals surface area contributed by atoms with Gasteiger partial charge in [-0.05, 0) is 37.1 Å². The molecule has 1 heterocycles. The molecular formula is C13H14ClFOS. The minimum absolute atomic E-state index is 0.0829. The largest absolute Gasteiger partial charge is 0.298 e. The van der Waals surface area contributed by atoms with Crippen LogP contribution in [0, 0.1) is 5.82 Å². The summed E-state index contributed by atoms with van der Waals surface area (Å²) in [5, 5.41) is 0.0829. The average Bonchev–Trinajstić information content (AvgIpc) is 2.73. The van der Waals surface area contributed by atoms with Crippen LogP contribution in [-0.2, 0) is 11.2 Å². The highest BCUT2D eigenvalue weighted by molar-refractivity contribution is 8.01. The van der Waals surface area contributed by atoms with Crippen molar-refractivity contribution in [2.45, 2.75) is 30.9 Å². The molecule has 1 unspecified atom stereocenters. The molecule has 92 valence electrons. The Hall–Kier alpha value is -0.540. The second-order valence-corrected chi connectivity index (χ2v) is 6.50. The molecule has 17 heavy (non-hydrogen) atoms. The summed E-state index contributed by atoms with van der Waals surface area (Å²) < 4.78 is 13.3. The zero-order valence-corrected chi connectivity index (χ0v) is 11.2. The highest BCUT2D eigenvalue weighted by Gasteiger charge is 2.36. The Kier molecular flexibility index (Phi) is 3.79. The number of rotatable bonds is 3. The second-order valence-electron chi connectivity index (χ2n) is 4.50. The molecule has 0 amide bonds. The van der Waals surface area contributed by atoms with Gasteiger partial charge in [0.25, 0.3) is 0 Å². The van der Waals surface area contributed by atoms with Gasteiger partial charge in [0.2, 0.25) is 0 Å². The molecule has 0 aromatic heterocycles. The van der Waals surface area contributed by atoms with E-state index in [-0.39, 0.29) is 22.0 Å². The molecule has 1 nitrogen and oxygen atoms in total. The molecule has 1 aliphatic rings. The van der Waals surface area contributed by atoms with Crippen LogP contribution in [0.2, 0.25) is 5.02 Å². The monoisotopic (exact) mass is 272 g/mol. The van der Waals surface area contributed by atoms with Crippen molar-refractivity contribution in [3.8, 4) is 0 Å². The summed E-state index contributed by atoms with van der Waals surface area (Å²) >= 11 is 7.38. The molecule has 1 aliphatic heterocycles. The maximum absolute atomic E-state index is 13.7. The van der Waals surface area contributed by atoms with Gasteiger partial charge in [-0.25, -0.2) is 4.39 Å². The first-order valence-electron chi connectivity index (χ1n) is 5.63. The van der Waals surface area contributed by atoms with Crippen molar-refractivity contribution in [1.29, 1.82) is 0 Å². The minimum atomic E-state index is -0.464. The number of Topliss-reactive ketones (excluding diaryl/α,β-unsaturated/α-hetero) is 1. The second kappa shape index (κ2) is 4.99. The van der Waals surface area contributed by atoms with Gasteiger partial charge in [-0.15, -0.1) is 11.8 Å². The van der Waals surface area contributed by atoms with E-state index in [0.29, 0.717) is 5.56 Å². The lowest BCUT2D eigenvalue weighted by atomic mass is 9.95. The molecule has 1 saturated heterocycles. The van der Waals surface area contributed by atoms with Gasteiger partial charge in [0.15, 0.2) is 5.78 Å². The van der Waals surface area contributed by atoms with Crippen molar-refractivity contribution >= 4 is 29.1 Å². The zero-order valence-electron chi connectivity index (χ0n) is 9.63. The van der Waals surface area contributed by atoms with Crippen LogP contribution < -0.4 is 0 Å². The van der Waals surface area contributed by atoms with Crippen molar-refractivity contribution in [1.82, 2.24) is 0 Å². The molecule has 0 N–H and O–H groups in total. The molecule has 0 saturated carbocycles. The van der Waals surface area contributed by atoms with Crippen molar-refractivity contribution in [3.63, 3.8) is 0 Å². The van der Waals surface area contributed by atoms with Crippen LogP contribution in [0.4, 0.5) is 4.39 Å². The summed E-state index contributed by atoms with van der Waals surface area (Å²) in [5.74, 6) is 0.649. The van der Waals surface area contributed by atoms with Crippen LogP contribution >= 0.6 is 23.4 Å². The highest BCUT2D eigenvalue weighted by atomic mass is 35.5. The van der Waals surface area contributed by atoms with Crippen LogP contribution in [0.5, 0.6) is 0 Å². The number of halogens is 2. The fraction of sp³-hybridized carbons (Fsp3) is 0.462. The van der Waals surface area contributed by atoms with E-state index in [1.807, 2.05) is 6.92 Å².